The molecule has 26 heavy (non-hydrogen) atoms. The van der Waals surface area contributed by atoms with Crippen LogP contribution in [0.3, 0.4) is 0 Å². The Morgan fingerprint density at radius 3 is 2.69 bits per heavy atom. The van der Waals surface area contributed by atoms with Gasteiger partial charge in [0.25, 0.3) is 0 Å². The number of hydrogen-bond donors (Lipinski definition) is 2. The molecule has 0 bridgehead atoms. The van der Waals surface area contributed by atoms with Crippen LogP contribution >= 0.6 is 11.6 Å². The highest BCUT2D eigenvalue weighted by atomic mass is 35.5. The molecule has 0 saturated heterocycles. The first kappa shape index (κ1) is 17.8. The van der Waals surface area contributed by atoms with E-state index in [9.17, 15) is 9.59 Å². The van der Waals surface area contributed by atoms with Crippen LogP contribution in [0.1, 0.15) is 26.4 Å². The van der Waals surface area contributed by atoms with Gasteiger partial charge in [0.2, 0.25) is 5.78 Å². The van der Waals surface area contributed by atoms with Gasteiger partial charge in [-0.3, -0.25) is 4.79 Å². The molecule has 0 amide bonds. The quantitative estimate of drug-likeness (QED) is 0.404. The van der Waals surface area contributed by atoms with E-state index < -0.39 is 12.6 Å². The van der Waals surface area contributed by atoms with Gasteiger partial charge in [0, 0.05) is 28.2 Å². The average Bonchev–Trinajstić information content (AvgIpc) is 2.97. The fourth-order valence-electron chi connectivity index (χ4n) is 2.81. The van der Waals surface area contributed by atoms with Gasteiger partial charge in [-0.2, -0.15) is 0 Å². The van der Waals surface area contributed by atoms with Gasteiger partial charge >= 0.3 is 5.97 Å². The number of aromatic nitrogens is 1. The molecular weight excluding hydrogens is 356 g/mol. The lowest BCUT2D eigenvalue weighted by molar-refractivity contribution is 0.0472. The molecule has 1 aromatic heterocycles. The van der Waals surface area contributed by atoms with Gasteiger partial charge in [-0.1, -0.05) is 29.8 Å². The summed E-state index contributed by atoms with van der Waals surface area (Å²) in [5.74, 6) is -0.781. The number of rotatable bonds is 5. The molecule has 7 heteroatoms. The van der Waals surface area contributed by atoms with E-state index in [0.29, 0.717) is 5.56 Å². The van der Waals surface area contributed by atoms with Gasteiger partial charge in [-0.05, 0) is 19.1 Å². The van der Waals surface area contributed by atoms with Gasteiger partial charge in [0.05, 0.1) is 17.8 Å². The number of halogens is 1. The number of aromatic amines is 1. The number of anilines is 1. The van der Waals surface area contributed by atoms with Gasteiger partial charge < -0.3 is 20.2 Å². The number of carbonyl (C=O) groups excluding carboxylic acids is 2. The van der Waals surface area contributed by atoms with E-state index in [2.05, 4.69) is 4.98 Å². The maximum absolute atomic E-state index is 12.6. The average molecular weight is 373 g/mol. The summed E-state index contributed by atoms with van der Waals surface area (Å²) in [5, 5.41) is 0.996. The maximum Gasteiger partial charge on any atom is 0.342 e. The maximum atomic E-state index is 12.6. The summed E-state index contributed by atoms with van der Waals surface area (Å²) in [5.41, 5.74) is 8.17. The fourth-order valence-corrected chi connectivity index (χ4v) is 2.98. The molecule has 2 aromatic carbocycles. The van der Waals surface area contributed by atoms with Crippen LogP contribution in [-0.2, 0) is 4.74 Å². The highest BCUT2D eigenvalue weighted by molar-refractivity contribution is 6.33. The van der Waals surface area contributed by atoms with E-state index in [-0.39, 0.29) is 27.8 Å². The number of Topliss-reactive ketones (excluding diaryl/α,β-unsaturated/α-hetero) is 1. The first-order valence-electron chi connectivity index (χ1n) is 7.83. The molecular formula is C19H17ClN2O4. The molecule has 3 N–H and O–H groups in total. The van der Waals surface area contributed by atoms with E-state index in [0.717, 1.165) is 16.6 Å². The largest absolute Gasteiger partial charge is 0.496 e. The molecule has 0 saturated carbocycles. The van der Waals surface area contributed by atoms with Crippen molar-refractivity contribution in [2.24, 2.45) is 0 Å². The zero-order valence-corrected chi connectivity index (χ0v) is 15.0. The smallest absolute Gasteiger partial charge is 0.342 e. The van der Waals surface area contributed by atoms with Crippen LogP contribution in [0.4, 0.5) is 5.69 Å². The van der Waals surface area contributed by atoms with Crippen molar-refractivity contribution in [3.05, 3.63) is 58.2 Å². The monoisotopic (exact) mass is 372 g/mol. The van der Waals surface area contributed by atoms with Crippen molar-refractivity contribution in [1.82, 2.24) is 4.98 Å². The Morgan fingerprint density at radius 2 is 1.96 bits per heavy atom. The predicted octanol–water partition coefficient (Wildman–Crippen LogP) is 3.76. The number of benzene rings is 2. The zero-order valence-electron chi connectivity index (χ0n) is 14.3. The summed E-state index contributed by atoms with van der Waals surface area (Å²) in [6.07, 6.45) is 0. The van der Waals surface area contributed by atoms with Crippen molar-refractivity contribution in [2.75, 3.05) is 19.5 Å². The van der Waals surface area contributed by atoms with E-state index >= 15 is 0 Å². The minimum Gasteiger partial charge on any atom is -0.496 e. The van der Waals surface area contributed by atoms with Crippen LogP contribution < -0.4 is 10.5 Å². The molecule has 3 rings (SSSR count). The Hall–Kier alpha value is -2.99. The molecule has 6 nitrogen and oxygen atoms in total. The van der Waals surface area contributed by atoms with E-state index in [4.69, 9.17) is 26.8 Å². The van der Waals surface area contributed by atoms with Crippen molar-refractivity contribution in [1.29, 1.82) is 0 Å². The number of esters is 1. The molecule has 134 valence electrons. The number of nitrogens with two attached hydrogens (primary N) is 1. The molecule has 0 atom stereocenters. The summed E-state index contributed by atoms with van der Waals surface area (Å²) in [7, 11) is 1.40. The normalized spacial score (nSPS) is 10.7. The molecule has 0 fully saturated rings. The summed E-state index contributed by atoms with van der Waals surface area (Å²) in [6, 6.07) is 10.2. The highest BCUT2D eigenvalue weighted by Crippen LogP contribution is 2.29. The summed E-state index contributed by atoms with van der Waals surface area (Å²) < 4.78 is 10.3. The summed E-state index contributed by atoms with van der Waals surface area (Å²) in [6.45, 7) is 1.41. The van der Waals surface area contributed by atoms with E-state index in [1.54, 1.807) is 6.92 Å². The molecule has 0 spiro atoms. The SMILES string of the molecule is COc1cc(N)c(Cl)cc1C(=O)OCC(=O)c1c(C)[nH]c2ccccc12. The standard InChI is InChI=1S/C19H17ClN2O4/c1-10-18(11-5-3-4-6-15(11)22-10)16(23)9-26-19(24)12-7-13(20)14(21)8-17(12)25-2/h3-8,22H,9,21H2,1-2H3. The number of methoxy groups -OCH3 is 1. The number of H-pyrrole nitrogens is 1. The minimum absolute atomic E-state index is 0.107. The minimum atomic E-state index is -0.713. The Labute approximate surface area is 154 Å². The van der Waals surface area contributed by atoms with Crippen molar-refractivity contribution in [3.8, 4) is 5.75 Å². The van der Waals surface area contributed by atoms with Crippen LogP contribution in [0.25, 0.3) is 10.9 Å². The van der Waals surface area contributed by atoms with Gasteiger partial charge in [0.15, 0.2) is 6.61 Å². The molecule has 3 aromatic rings. The van der Waals surface area contributed by atoms with Crippen LogP contribution in [0.2, 0.25) is 5.02 Å². The van der Waals surface area contributed by atoms with Gasteiger partial charge in [-0.15, -0.1) is 0 Å². The van der Waals surface area contributed by atoms with Crippen LogP contribution in [0.5, 0.6) is 5.75 Å². The molecule has 0 aliphatic carbocycles. The lowest BCUT2D eigenvalue weighted by Crippen LogP contribution is -2.15. The van der Waals surface area contributed by atoms with Crippen molar-refractivity contribution in [3.63, 3.8) is 0 Å². The van der Waals surface area contributed by atoms with Crippen LogP contribution in [-0.4, -0.2) is 30.5 Å². The van der Waals surface area contributed by atoms with E-state index in [1.165, 1.54) is 19.2 Å². The predicted molar refractivity (Wildman–Crippen MR) is 100 cm³/mol. The zero-order chi connectivity index (χ0) is 18.8. The second-order valence-electron chi connectivity index (χ2n) is 5.74. The number of nitrogen functional groups attached to an aromatic ring is 1. The number of fused-ring (bicyclic) bond motifs is 1. The lowest BCUT2D eigenvalue weighted by atomic mass is 10.1. The summed E-state index contributed by atoms with van der Waals surface area (Å²) in [4.78, 5) is 28.1. The number of ether oxygens (including phenoxy) is 2. The second-order valence-corrected chi connectivity index (χ2v) is 6.15. The summed E-state index contributed by atoms with van der Waals surface area (Å²) >= 11 is 5.96. The number of hydrogen-bond acceptors (Lipinski definition) is 5. The van der Waals surface area contributed by atoms with Crippen molar-refractivity contribution < 1.29 is 19.1 Å². The third-order valence-electron chi connectivity index (χ3n) is 4.05. The second kappa shape index (κ2) is 7.09. The van der Waals surface area contributed by atoms with Crippen molar-refractivity contribution in [2.45, 2.75) is 6.92 Å². The van der Waals surface area contributed by atoms with Crippen molar-refractivity contribution >= 4 is 39.9 Å². The number of para-hydroxylation sites is 1. The first-order chi connectivity index (χ1) is 12.4. The molecule has 0 aliphatic heterocycles. The molecule has 1 heterocycles. The van der Waals surface area contributed by atoms with Crippen LogP contribution in [0, 0.1) is 6.92 Å². The van der Waals surface area contributed by atoms with Gasteiger partial charge in [-0.25, -0.2) is 4.79 Å². The number of ketones is 1. The third kappa shape index (κ3) is 3.23. The van der Waals surface area contributed by atoms with Gasteiger partial charge in [0.1, 0.15) is 11.3 Å². The third-order valence-corrected chi connectivity index (χ3v) is 4.37. The van der Waals surface area contributed by atoms with E-state index in [1.807, 2.05) is 24.3 Å². The number of carbonyl (C=O) groups is 2. The first-order valence-corrected chi connectivity index (χ1v) is 8.20. The highest BCUT2D eigenvalue weighted by Gasteiger charge is 2.20. The Morgan fingerprint density at radius 1 is 1.23 bits per heavy atom. The number of aryl methyl sites for hydroxylation is 1. The molecule has 0 unspecified atom stereocenters. The fraction of sp³-hybridized carbons (Fsp3) is 0.158. The Balaban J connectivity index is 1.80. The molecule has 0 radical (unpaired) electrons. The molecule has 0 aliphatic rings. The topological polar surface area (TPSA) is 94.4 Å². The lowest BCUT2D eigenvalue weighted by Gasteiger charge is -2.10. The Bertz CT molecular complexity index is 1010. The Kier molecular flexibility index (Phi) is 4.86. The number of nitrogens with one attached hydrogen (secondary N) is 1. The van der Waals surface area contributed by atoms with Crippen LogP contribution in [0.15, 0.2) is 36.4 Å².